The zero-order chi connectivity index (χ0) is 15.1. The van der Waals surface area contributed by atoms with Gasteiger partial charge >= 0.3 is 6.09 Å². The van der Waals surface area contributed by atoms with Gasteiger partial charge in [-0.3, -0.25) is 5.32 Å². The highest BCUT2D eigenvalue weighted by atomic mass is 35.5. The summed E-state index contributed by atoms with van der Waals surface area (Å²) in [6, 6.07) is 14.6. The Balaban J connectivity index is 1.79. The van der Waals surface area contributed by atoms with Gasteiger partial charge in [0.25, 0.3) is 0 Å². The second kappa shape index (κ2) is 7.72. The molecule has 0 heterocycles. The Morgan fingerprint density at radius 1 is 1.10 bits per heavy atom. The molecular weight excluding hydrogens is 309 g/mol. The monoisotopic (exact) mass is 321 g/mol. The third-order valence-corrected chi connectivity index (χ3v) is 3.33. The fraction of sp³-hybridized carbons (Fsp3) is 0.0625. The first-order valence-corrected chi connectivity index (χ1v) is 7.01. The van der Waals surface area contributed by atoms with Crippen molar-refractivity contribution in [1.29, 1.82) is 0 Å². The quantitative estimate of drug-likeness (QED) is 0.834. The lowest BCUT2D eigenvalue weighted by Crippen LogP contribution is -2.13. The molecule has 0 aliphatic rings. The molecular formula is C16H13Cl2NO2. The maximum Gasteiger partial charge on any atom is 0.411 e. The highest BCUT2D eigenvalue weighted by molar-refractivity contribution is 6.42. The fourth-order valence-electron chi connectivity index (χ4n) is 1.60. The normalized spacial score (nSPS) is 10.6. The molecule has 0 unspecified atom stereocenters. The number of halogens is 2. The predicted molar refractivity (Wildman–Crippen MR) is 86.9 cm³/mol. The maximum atomic E-state index is 11.6. The molecule has 3 nitrogen and oxygen atoms in total. The molecule has 0 saturated carbocycles. The van der Waals surface area contributed by atoms with Crippen LogP contribution in [0, 0.1) is 0 Å². The molecule has 21 heavy (non-hydrogen) atoms. The lowest BCUT2D eigenvalue weighted by Gasteiger charge is -2.06. The van der Waals surface area contributed by atoms with E-state index < -0.39 is 6.09 Å². The molecule has 0 aliphatic heterocycles. The number of anilines is 1. The molecule has 0 bridgehead atoms. The molecule has 2 aromatic carbocycles. The minimum absolute atomic E-state index is 0.183. The standard InChI is InChI=1S/C16H13Cl2NO2/c17-14-9-8-13(11-15(14)18)19-16(20)21-10-4-7-12-5-2-1-3-6-12/h1-9,11H,10H2,(H,19,20)/b7-4+. The zero-order valence-corrected chi connectivity index (χ0v) is 12.6. The summed E-state index contributed by atoms with van der Waals surface area (Å²) in [5.41, 5.74) is 1.58. The first-order chi connectivity index (χ1) is 10.1. The van der Waals surface area contributed by atoms with E-state index in [0.29, 0.717) is 15.7 Å². The van der Waals surface area contributed by atoms with Gasteiger partial charge in [-0.05, 0) is 29.8 Å². The van der Waals surface area contributed by atoms with Gasteiger partial charge in [0.2, 0.25) is 0 Å². The molecule has 108 valence electrons. The zero-order valence-electron chi connectivity index (χ0n) is 11.1. The van der Waals surface area contributed by atoms with E-state index in [9.17, 15) is 4.79 Å². The average Bonchev–Trinajstić information content (AvgIpc) is 2.49. The van der Waals surface area contributed by atoms with E-state index >= 15 is 0 Å². The number of rotatable bonds is 4. The van der Waals surface area contributed by atoms with E-state index in [1.54, 1.807) is 24.3 Å². The van der Waals surface area contributed by atoms with Gasteiger partial charge < -0.3 is 4.74 Å². The summed E-state index contributed by atoms with van der Waals surface area (Å²) < 4.78 is 5.02. The molecule has 2 aromatic rings. The van der Waals surface area contributed by atoms with Crippen LogP contribution in [0.2, 0.25) is 10.0 Å². The van der Waals surface area contributed by atoms with Gasteiger partial charge in [-0.1, -0.05) is 59.6 Å². The molecule has 0 atom stereocenters. The summed E-state index contributed by atoms with van der Waals surface area (Å²) in [6.07, 6.45) is 3.10. The van der Waals surface area contributed by atoms with Crippen LogP contribution in [0.25, 0.3) is 6.08 Å². The number of benzene rings is 2. The largest absolute Gasteiger partial charge is 0.445 e. The van der Waals surface area contributed by atoms with Crippen molar-refractivity contribution in [1.82, 2.24) is 0 Å². The average molecular weight is 322 g/mol. The van der Waals surface area contributed by atoms with Crippen LogP contribution in [0.15, 0.2) is 54.6 Å². The molecule has 0 fully saturated rings. The Morgan fingerprint density at radius 2 is 1.86 bits per heavy atom. The fourth-order valence-corrected chi connectivity index (χ4v) is 1.90. The molecule has 5 heteroatoms. The number of nitrogens with one attached hydrogen (secondary N) is 1. The lowest BCUT2D eigenvalue weighted by molar-refractivity contribution is 0.174. The first-order valence-electron chi connectivity index (χ1n) is 6.25. The van der Waals surface area contributed by atoms with Gasteiger partial charge in [0.1, 0.15) is 6.61 Å². The van der Waals surface area contributed by atoms with Gasteiger partial charge in [-0.15, -0.1) is 0 Å². The van der Waals surface area contributed by atoms with Crippen LogP contribution < -0.4 is 5.32 Å². The van der Waals surface area contributed by atoms with Crippen LogP contribution in [0.5, 0.6) is 0 Å². The highest BCUT2D eigenvalue weighted by Crippen LogP contribution is 2.24. The molecule has 2 rings (SSSR count). The van der Waals surface area contributed by atoms with Crippen molar-refractivity contribution in [2.45, 2.75) is 0 Å². The van der Waals surface area contributed by atoms with Crippen LogP contribution in [0.4, 0.5) is 10.5 Å². The molecule has 0 aromatic heterocycles. The van der Waals surface area contributed by atoms with Gasteiger partial charge in [0.15, 0.2) is 0 Å². The minimum Gasteiger partial charge on any atom is -0.445 e. The van der Waals surface area contributed by atoms with Crippen molar-refractivity contribution < 1.29 is 9.53 Å². The molecule has 0 spiro atoms. The summed E-state index contributed by atoms with van der Waals surface area (Å²) in [6.45, 7) is 0.183. The van der Waals surface area contributed by atoms with Crippen molar-refractivity contribution in [3.8, 4) is 0 Å². The number of ether oxygens (including phenoxy) is 1. The van der Waals surface area contributed by atoms with Crippen molar-refractivity contribution in [3.63, 3.8) is 0 Å². The first kappa shape index (κ1) is 15.4. The summed E-state index contributed by atoms with van der Waals surface area (Å²) in [4.78, 5) is 11.6. The topological polar surface area (TPSA) is 38.3 Å². The van der Waals surface area contributed by atoms with E-state index in [-0.39, 0.29) is 6.61 Å². The van der Waals surface area contributed by atoms with Crippen molar-refractivity contribution in [2.75, 3.05) is 11.9 Å². The van der Waals surface area contributed by atoms with Crippen molar-refractivity contribution >= 4 is 41.1 Å². The van der Waals surface area contributed by atoms with Gasteiger partial charge in [0.05, 0.1) is 10.0 Å². The number of hydrogen-bond donors (Lipinski definition) is 1. The Labute approximate surface area is 133 Å². The van der Waals surface area contributed by atoms with Crippen molar-refractivity contribution in [3.05, 3.63) is 70.2 Å². The predicted octanol–water partition coefficient (Wildman–Crippen LogP) is 5.26. The van der Waals surface area contributed by atoms with Crippen LogP contribution in [-0.2, 0) is 4.74 Å². The Kier molecular flexibility index (Phi) is 5.67. The van der Waals surface area contributed by atoms with Gasteiger partial charge in [-0.2, -0.15) is 0 Å². The molecule has 0 radical (unpaired) electrons. The lowest BCUT2D eigenvalue weighted by atomic mass is 10.2. The number of hydrogen-bond acceptors (Lipinski definition) is 2. The number of amides is 1. The van der Waals surface area contributed by atoms with Crippen LogP contribution in [-0.4, -0.2) is 12.7 Å². The van der Waals surface area contributed by atoms with Crippen LogP contribution in [0.1, 0.15) is 5.56 Å². The summed E-state index contributed by atoms with van der Waals surface area (Å²) in [5.74, 6) is 0. The molecule has 1 N–H and O–H groups in total. The smallest absolute Gasteiger partial charge is 0.411 e. The number of carbonyl (C=O) groups is 1. The molecule has 0 saturated heterocycles. The van der Waals surface area contributed by atoms with Gasteiger partial charge in [-0.25, -0.2) is 4.79 Å². The summed E-state index contributed by atoms with van der Waals surface area (Å²) >= 11 is 11.6. The third kappa shape index (κ3) is 5.14. The Hall–Kier alpha value is -1.97. The minimum atomic E-state index is -0.550. The SMILES string of the molecule is O=C(Nc1ccc(Cl)c(Cl)c1)OC/C=C/c1ccccc1. The number of carbonyl (C=O) groups excluding carboxylic acids is 1. The highest BCUT2D eigenvalue weighted by Gasteiger charge is 2.04. The summed E-state index contributed by atoms with van der Waals surface area (Å²) in [5, 5.41) is 3.38. The van der Waals surface area contributed by atoms with Crippen LogP contribution >= 0.6 is 23.2 Å². The molecule has 1 amide bonds. The Bertz CT molecular complexity index is 642. The van der Waals surface area contributed by atoms with E-state index in [1.807, 2.05) is 36.4 Å². The van der Waals surface area contributed by atoms with Crippen LogP contribution in [0.3, 0.4) is 0 Å². The van der Waals surface area contributed by atoms with E-state index in [1.165, 1.54) is 0 Å². The van der Waals surface area contributed by atoms with Gasteiger partial charge in [0, 0.05) is 5.69 Å². The van der Waals surface area contributed by atoms with E-state index in [2.05, 4.69) is 5.32 Å². The van der Waals surface area contributed by atoms with E-state index in [0.717, 1.165) is 5.56 Å². The second-order valence-corrected chi connectivity index (χ2v) is 4.98. The third-order valence-electron chi connectivity index (χ3n) is 2.59. The second-order valence-electron chi connectivity index (χ2n) is 4.17. The molecule has 0 aliphatic carbocycles. The summed E-state index contributed by atoms with van der Waals surface area (Å²) in [7, 11) is 0. The van der Waals surface area contributed by atoms with Crippen molar-refractivity contribution in [2.24, 2.45) is 0 Å². The van der Waals surface area contributed by atoms with E-state index in [4.69, 9.17) is 27.9 Å². The maximum absolute atomic E-state index is 11.6. The Morgan fingerprint density at radius 3 is 2.57 bits per heavy atom.